The molecule has 11 aromatic rings. The van der Waals surface area contributed by atoms with Gasteiger partial charge in [0.15, 0.2) is 0 Å². The number of anilines is 3. The van der Waals surface area contributed by atoms with Crippen molar-refractivity contribution in [2.45, 2.75) is 0 Å². The third-order valence-corrected chi connectivity index (χ3v) is 11.5. The zero-order valence-electron chi connectivity index (χ0n) is 31.7. The number of furan rings is 1. The predicted octanol–water partition coefficient (Wildman–Crippen LogP) is 16.0. The number of nitrogens with zero attached hydrogens (tertiary/aromatic N) is 1. The van der Waals surface area contributed by atoms with Gasteiger partial charge in [0.2, 0.25) is 0 Å². The van der Waals surface area contributed by atoms with Crippen LogP contribution in [0.15, 0.2) is 229 Å². The van der Waals surface area contributed by atoms with Gasteiger partial charge in [-0.15, -0.1) is 0 Å². The summed E-state index contributed by atoms with van der Waals surface area (Å²) in [6.07, 6.45) is 0. The maximum Gasteiger partial charge on any atom is 0.145 e. The van der Waals surface area contributed by atoms with Gasteiger partial charge in [-0.3, -0.25) is 0 Å². The van der Waals surface area contributed by atoms with Gasteiger partial charge in [-0.25, -0.2) is 0 Å². The van der Waals surface area contributed by atoms with E-state index in [0.717, 1.165) is 55.7 Å². The number of benzene rings is 10. The third kappa shape index (κ3) is 5.66. The quantitative estimate of drug-likeness (QED) is 0.151. The first-order chi connectivity index (χ1) is 28.8. The number of hydrogen-bond donors (Lipinski definition) is 0. The molecule has 2 nitrogen and oxygen atoms in total. The van der Waals surface area contributed by atoms with Crippen LogP contribution in [0.5, 0.6) is 0 Å². The standard InChI is InChI=1S/C56H37NO/c1-4-16-38(17-5-1)45-25-14-26-46(39-18-6-2-7-19-39)54(45)42-30-33-43(34-31-42)57(51-28-15-27-48-44-23-11-10-22-41(44)32-35-49(48)51)52-37-36-47(40-20-8-3-9-21-40)56-55(52)50-24-12-13-29-53(50)58-56/h1-37H. The SMILES string of the molecule is c1ccc(-c2cccc(-c3ccccc3)c2-c2ccc(N(c3cccc4c3ccc3ccccc34)c3ccc(-c4ccccc4)c4oc5ccccc5c34)cc2)cc1. The van der Waals surface area contributed by atoms with Crippen LogP contribution in [0.4, 0.5) is 17.1 Å². The monoisotopic (exact) mass is 739 g/mol. The summed E-state index contributed by atoms with van der Waals surface area (Å²) in [5, 5.41) is 7.03. The molecule has 272 valence electrons. The fourth-order valence-corrected chi connectivity index (χ4v) is 8.83. The van der Waals surface area contributed by atoms with Crippen molar-refractivity contribution >= 4 is 60.5 Å². The zero-order chi connectivity index (χ0) is 38.4. The van der Waals surface area contributed by atoms with Crippen LogP contribution in [-0.4, -0.2) is 0 Å². The molecule has 0 saturated carbocycles. The molecule has 0 saturated heterocycles. The average Bonchev–Trinajstić information content (AvgIpc) is 3.70. The lowest BCUT2D eigenvalue weighted by Gasteiger charge is -2.28. The molecule has 0 bridgehead atoms. The van der Waals surface area contributed by atoms with E-state index in [0.29, 0.717) is 0 Å². The minimum Gasteiger partial charge on any atom is -0.455 e. The molecule has 0 aliphatic rings. The van der Waals surface area contributed by atoms with Crippen LogP contribution in [0, 0.1) is 0 Å². The van der Waals surface area contributed by atoms with E-state index in [1.165, 1.54) is 49.4 Å². The molecule has 0 N–H and O–H groups in total. The van der Waals surface area contributed by atoms with Crippen LogP contribution in [0.3, 0.4) is 0 Å². The van der Waals surface area contributed by atoms with Crippen LogP contribution in [0.1, 0.15) is 0 Å². The fraction of sp³-hybridized carbons (Fsp3) is 0. The van der Waals surface area contributed by atoms with E-state index in [9.17, 15) is 0 Å². The van der Waals surface area contributed by atoms with Crippen LogP contribution < -0.4 is 4.90 Å². The Labute approximate surface area is 337 Å². The summed E-state index contributed by atoms with van der Waals surface area (Å²) in [7, 11) is 0. The average molecular weight is 740 g/mol. The molecule has 0 amide bonds. The molecule has 0 aliphatic carbocycles. The number of fused-ring (bicyclic) bond motifs is 6. The van der Waals surface area contributed by atoms with Crippen molar-refractivity contribution in [3.8, 4) is 44.5 Å². The molecule has 10 aromatic carbocycles. The third-order valence-electron chi connectivity index (χ3n) is 11.5. The molecule has 0 fully saturated rings. The number of hydrogen-bond acceptors (Lipinski definition) is 2. The van der Waals surface area contributed by atoms with Gasteiger partial charge in [-0.2, -0.15) is 0 Å². The molecular weight excluding hydrogens is 703 g/mol. The highest BCUT2D eigenvalue weighted by molar-refractivity contribution is 6.19. The Morgan fingerprint density at radius 2 is 0.879 bits per heavy atom. The Hall–Kier alpha value is -7.68. The molecule has 0 aliphatic heterocycles. The van der Waals surface area contributed by atoms with Crippen molar-refractivity contribution in [3.63, 3.8) is 0 Å². The summed E-state index contributed by atoms with van der Waals surface area (Å²) in [6.45, 7) is 0. The van der Waals surface area contributed by atoms with Gasteiger partial charge in [0.05, 0.1) is 16.8 Å². The lowest BCUT2D eigenvalue weighted by atomic mass is 9.87. The Morgan fingerprint density at radius 3 is 1.57 bits per heavy atom. The molecule has 1 heterocycles. The van der Waals surface area contributed by atoms with Crippen molar-refractivity contribution in [3.05, 3.63) is 224 Å². The van der Waals surface area contributed by atoms with Gasteiger partial charge in [-0.05, 0) is 91.5 Å². The summed E-state index contributed by atoms with van der Waals surface area (Å²) in [4.78, 5) is 2.43. The van der Waals surface area contributed by atoms with Crippen LogP contribution in [-0.2, 0) is 0 Å². The Kier molecular flexibility index (Phi) is 8.19. The highest BCUT2D eigenvalue weighted by Crippen LogP contribution is 2.49. The second-order valence-corrected chi connectivity index (χ2v) is 14.8. The number of rotatable bonds is 7. The zero-order valence-corrected chi connectivity index (χ0v) is 31.7. The minimum absolute atomic E-state index is 0.868. The second-order valence-electron chi connectivity index (χ2n) is 14.8. The van der Waals surface area contributed by atoms with E-state index < -0.39 is 0 Å². The van der Waals surface area contributed by atoms with Crippen LogP contribution in [0.2, 0.25) is 0 Å². The topological polar surface area (TPSA) is 16.4 Å². The van der Waals surface area contributed by atoms with Crippen molar-refractivity contribution < 1.29 is 4.42 Å². The lowest BCUT2D eigenvalue weighted by molar-refractivity contribution is 0.670. The van der Waals surface area contributed by atoms with Crippen molar-refractivity contribution in [2.75, 3.05) is 4.90 Å². The van der Waals surface area contributed by atoms with Crippen LogP contribution in [0.25, 0.3) is 88.0 Å². The Morgan fingerprint density at radius 1 is 0.310 bits per heavy atom. The highest BCUT2D eigenvalue weighted by Gasteiger charge is 2.24. The van der Waals surface area contributed by atoms with Gasteiger partial charge in [-0.1, -0.05) is 188 Å². The van der Waals surface area contributed by atoms with Crippen molar-refractivity contribution in [1.29, 1.82) is 0 Å². The molecule has 0 atom stereocenters. The number of para-hydroxylation sites is 1. The fourth-order valence-electron chi connectivity index (χ4n) is 8.83. The molecule has 11 rings (SSSR count). The first-order valence-electron chi connectivity index (χ1n) is 19.8. The van der Waals surface area contributed by atoms with E-state index >= 15 is 0 Å². The van der Waals surface area contributed by atoms with Crippen molar-refractivity contribution in [1.82, 2.24) is 0 Å². The Bertz CT molecular complexity index is 3200. The predicted molar refractivity (Wildman–Crippen MR) is 245 cm³/mol. The maximum atomic E-state index is 6.81. The Balaban J connectivity index is 1.17. The van der Waals surface area contributed by atoms with E-state index in [2.05, 4.69) is 229 Å². The van der Waals surface area contributed by atoms with E-state index in [-0.39, 0.29) is 0 Å². The molecule has 58 heavy (non-hydrogen) atoms. The highest BCUT2D eigenvalue weighted by atomic mass is 16.3. The largest absolute Gasteiger partial charge is 0.455 e. The molecule has 0 unspecified atom stereocenters. The summed E-state index contributed by atoms with van der Waals surface area (Å²) in [5.41, 5.74) is 14.3. The van der Waals surface area contributed by atoms with Gasteiger partial charge >= 0.3 is 0 Å². The first-order valence-corrected chi connectivity index (χ1v) is 19.8. The van der Waals surface area contributed by atoms with Crippen molar-refractivity contribution in [2.24, 2.45) is 0 Å². The van der Waals surface area contributed by atoms with Crippen LogP contribution >= 0.6 is 0 Å². The molecule has 2 heteroatoms. The second kappa shape index (κ2) is 14.1. The summed E-state index contributed by atoms with van der Waals surface area (Å²) < 4.78 is 6.81. The smallest absolute Gasteiger partial charge is 0.145 e. The van der Waals surface area contributed by atoms with E-state index in [1.807, 2.05) is 0 Å². The van der Waals surface area contributed by atoms with Gasteiger partial charge in [0.1, 0.15) is 11.2 Å². The normalized spacial score (nSPS) is 11.4. The molecule has 0 radical (unpaired) electrons. The van der Waals surface area contributed by atoms with E-state index in [1.54, 1.807) is 0 Å². The van der Waals surface area contributed by atoms with Gasteiger partial charge in [0.25, 0.3) is 0 Å². The molecular formula is C56H37NO. The first kappa shape index (κ1) is 33.6. The van der Waals surface area contributed by atoms with Gasteiger partial charge in [0, 0.05) is 22.0 Å². The van der Waals surface area contributed by atoms with E-state index in [4.69, 9.17) is 4.42 Å². The lowest BCUT2D eigenvalue weighted by Crippen LogP contribution is -2.11. The molecule has 1 aromatic heterocycles. The summed E-state index contributed by atoms with van der Waals surface area (Å²) in [5.74, 6) is 0. The summed E-state index contributed by atoms with van der Waals surface area (Å²) in [6, 6.07) is 80.6. The summed E-state index contributed by atoms with van der Waals surface area (Å²) >= 11 is 0. The molecule has 0 spiro atoms. The minimum atomic E-state index is 0.868. The van der Waals surface area contributed by atoms with Gasteiger partial charge < -0.3 is 9.32 Å². The maximum absolute atomic E-state index is 6.81.